The number of ether oxygens (including phenoxy) is 6. The molecule has 0 amide bonds. The van der Waals surface area contributed by atoms with Crippen molar-refractivity contribution in [2.75, 3.05) is 6.61 Å². The summed E-state index contributed by atoms with van der Waals surface area (Å²) >= 11 is 0. The molecule has 23 heteroatoms. The maximum atomic E-state index is 14.1. The average molecular weight is 803 g/mol. The number of aromatic hydroxyl groups is 10. The molecule has 23 nitrogen and oxygen atoms in total. The fourth-order valence-corrected chi connectivity index (χ4v) is 5.52. The van der Waals surface area contributed by atoms with Gasteiger partial charge in [0.05, 0.1) is 17.7 Å². The fraction of sp³-hybridized carbons (Fsp3) is 0.176. The molecule has 6 rings (SSSR count). The monoisotopic (exact) mass is 802 g/mol. The van der Waals surface area contributed by atoms with E-state index in [1.807, 2.05) is 0 Å². The number of fused-ring (bicyclic) bond motifs is 4. The van der Waals surface area contributed by atoms with Gasteiger partial charge in [-0.1, -0.05) is 0 Å². The maximum Gasteiger partial charge on any atom is 0.342 e. The molecule has 0 radical (unpaired) electrons. The number of hydrogen-bond donors (Lipinski definition) is 13. The molecular formula is C34H26O23. The van der Waals surface area contributed by atoms with Gasteiger partial charge in [-0.2, -0.15) is 0 Å². The molecule has 13 N–H and O–H groups in total. The van der Waals surface area contributed by atoms with Crippen LogP contribution >= 0.6 is 0 Å². The van der Waals surface area contributed by atoms with Gasteiger partial charge >= 0.3 is 23.9 Å². The van der Waals surface area contributed by atoms with Gasteiger partial charge in [-0.3, -0.25) is 0 Å². The largest absolute Gasteiger partial charge is 0.504 e. The number of aliphatic hydroxyl groups excluding tert-OH is 2. The molecule has 0 spiro atoms. The van der Waals surface area contributed by atoms with Gasteiger partial charge in [0.25, 0.3) is 0 Å². The Labute approximate surface area is 314 Å². The average Bonchev–Trinajstić information content (AvgIpc) is 3.16. The van der Waals surface area contributed by atoms with Crippen molar-refractivity contribution >= 4 is 23.9 Å². The van der Waals surface area contributed by atoms with Crippen LogP contribution < -0.4 is 9.47 Å². The van der Waals surface area contributed by atoms with Gasteiger partial charge in [0, 0.05) is 12.1 Å². The zero-order chi connectivity index (χ0) is 41.8. The van der Waals surface area contributed by atoms with Gasteiger partial charge in [0.15, 0.2) is 57.8 Å². The number of carboxylic acids is 1. The predicted molar refractivity (Wildman–Crippen MR) is 175 cm³/mol. The quantitative estimate of drug-likeness (QED) is 0.0735. The van der Waals surface area contributed by atoms with Gasteiger partial charge < -0.3 is 94.8 Å². The van der Waals surface area contributed by atoms with E-state index in [0.717, 1.165) is 0 Å². The van der Waals surface area contributed by atoms with E-state index in [2.05, 4.69) is 0 Å². The summed E-state index contributed by atoms with van der Waals surface area (Å²) in [5, 5.41) is 134. The Morgan fingerprint density at radius 2 is 1.33 bits per heavy atom. The smallest absolute Gasteiger partial charge is 0.342 e. The van der Waals surface area contributed by atoms with Crippen LogP contribution in [0.3, 0.4) is 0 Å². The standard InChI is InChI=1S/C34H26O23/c35-7-18-23(44)28(55-31(49)8-1-12(36)19(40)13(37)2-8)29-34(54-18)57-32(50)9-3-14(38)20(41)16(4-9)52-27-11(33(51)56-29)6-17(22(43)25(27)46)53-26-10(30(47)48)5-15(39)21(42)24(26)45/h1-6,18,23,28-29,34-46H,7H2,(H,47,48). The van der Waals surface area contributed by atoms with Gasteiger partial charge in [-0.25, -0.2) is 19.2 Å². The van der Waals surface area contributed by atoms with Crippen molar-refractivity contribution in [1.29, 1.82) is 0 Å². The lowest BCUT2D eigenvalue weighted by Gasteiger charge is -2.42. The van der Waals surface area contributed by atoms with Crippen LogP contribution in [-0.4, -0.2) is 128 Å². The summed E-state index contributed by atoms with van der Waals surface area (Å²) in [4.78, 5) is 52.6. The number of carbonyl (C=O) groups excluding carboxylic acids is 3. The third kappa shape index (κ3) is 6.90. The number of carbonyl (C=O) groups is 4. The summed E-state index contributed by atoms with van der Waals surface area (Å²) in [5.74, 6) is -22.9. The second-order valence-electron chi connectivity index (χ2n) is 12.0. The number of aliphatic hydroxyl groups is 2. The highest BCUT2D eigenvalue weighted by atomic mass is 16.7. The van der Waals surface area contributed by atoms with Gasteiger partial charge in [0.1, 0.15) is 23.3 Å². The van der Waals surface area contributed by atoms with Gasteiger partial charge in [-0.05, 0) is 24.3 Å². The van der Waals surface area contributed by atoms with E-state index in [1.165, 1.54) is 0 Å². The first-order chi connectivity index (χ1) is 26.8. The maximum absolute atomic E-state index is 14.1. The van der Waals surface area contributed by atoms with E-state index >= 15 is 0 Å². The van der Waals surface area contributed by atoms with Crippen LogP contribution in [-0.2, 0) is 18.9 Å². The molecule has 2 bridgehead atoms. The summed E-state index contributed by atoms with van der Waals surface area (Å²) in [7, 11) is 0. The molecule has 300 valence electrons. The van der Waals surface area contributed by atoms with E-state index < -0.39 is 164 Å². The lowest BCUT2D eigenvalue weighted by atomic mass is 9.98. The minimum absolute atomic E-state index is 0.425. The van der Waals surface area contributed by atoms with Crippen molar-refractivity contribution in [1.82, 2.24) is 0 Å². The van der Waals surface area contributed by atoms with E-state index in [9.17, 15) is 85.6 Å². The summed E-state index contributed by atoms with van der Waals surface area (Å²) < 4.78 is 32.3. The highest BCUT2D eigenvalue weighted by molar-refractivity contribution is 5.97. The molecule has 4 aromatic rings. The van der Waals surface area contributed by atoms with Crippen LogP contribution in [0.15, 0.2) is 36.4 Å². The van der Waals surface area contributed by atoms with Crippen LogP contribution in [0.2, 0.25) is 0 Å². The lowest BCUT2D eigenvalue weighted by Crippen LogP contribution is -2.62. The lowest BCUT2D eigenvalue weighted by molar-refractivity contribution is -0.283. The Morgan fingerprint density at radius 3 is 1.96 bits per heavy atom. The number of rotatable bonds is 6. The molecule has 1 saturated heterocycles. The summed E-state index contributed by atoms with van der Waals surface area (Å²) in [6.07, 6.45) is -10.7. The molecule has 2 aliphatic rings. The third-order valence-electron chi connectivity index (χ3n) is 8.38. The van der Waals surface area contributed by atoms with Crippen molar-refractivity contribution in [3.05, 3.63) is 58.7 Å². The van der Waals surface area contributed by atoms with Crippen molar-refractivity contribution in [3.8, 4) is 80.5 Å². The number of aromatic carboxylic acids is 1. The van der Waals surface area contributed by atoms with Crippen LogP contribution in [0.25, 0.3) is 0 Å². The Balaban J connectivity index is 1.53. The van der Waals surface area contributed by atoms with Crippen LogP contribution in [0.4, 0.5) is 0 Å². The number of phenolic OH excluding ortho intramolecular Hbond substituents is 10. The molecule has 4 aromatic carbocycles. The number of esters is 3. The SMILES string of the molecule is O=C1OC2OC(CO)C(O)C(OC(=O)c3cc(O)c(O)c(O)c3)C2OC(=O)c2cc(Oc3c(C(=O)O)cc(O)c(O)c3O)c(O)c(O)c2Oc2cc1cc(O)c2O. The van der Waals surface area contributed by atoms with Crippen molar-refractivity contribution in [2.24, 2.45) is 0 Å². The first-order valence-corrected chi connectivity index (χ1v) is 15.7. The highest BCUT2D eigenvalue weighted by Crippen LogP contribution is 2.53. The molecule has 5 unspecified atom stereocenters. The van der Waals surface area contributed by atoms with Crippen LogP contribution in [0.5, 0.6) is 80.5 Å². The Bertz CT molecular complexity index is 2330. The zero-order valence-corrected chi connectivity index (χ0v) is 28.0. The van der Waals surface area contributed by atoms with Crippen molar-refractivity contribution < 1.29 is 114 Å². The highest BCUT2D eigenvalue weighted by Gasteiger charge is 2.52. The summed E-state index contributed by atoms with van der Waals surface area (Å²) in [6, 6.07) is 3.48. The van der Waals surface area contributed by atoms with Gasteiger partial charge in [-0.15, -0.1) is 0 Å². The first-order valence-electron chi connectivity index (χ1n) is 15.7. The first kappa shape index (κ1) is 38.9. The Kier molecular flexibility index (Phi) is 9.89. The molecule has 5 atom stereocenters. The molecule has 1 fully saturated rings. The Morgan fingerprint density at radius 1 is 0.702 bits per heavy atom. The third-order valence-corrected chi connectivity index (χ3v) is 8.38. The molecule has 2 aliphatic heterocycles. The molecule has 57 heavy (non-hydrogen) atoms. The van der Waals surface area contributed by atoms with Crippen LogP contribution in [0.1, 0.15) is 41.4 Å². The van der Waals surface area contributed by atoms with Crippen LogP contribution in [0, 0.1) is 0 Å². The second kappa shape index (κ2) is 14.5. The predicted octanol–water partition coefficient (Wildman–Crippen LogP) is 1.02. The second-order valence-corrected chi connectivity index (χ2v) is 12.0. The Hall–Kier alpha value is -7.76. The molecule has 0 aromatic heterocycles. The molecule has 0 saturated carbocycles. The number of benzene rings is 4. The molecule has 2 heterocycles. The zero-order valence-electron chi connectivity index (χ0n) is 28.0. The minimum atomic E-state index is -2.31. The summed E-state index contributed by atoms with van der Waals surface area (Å²) in [5.41, 5.74) is -3.44. The number of hydrogen-bond acceptors (Lipinski definition) is 22. The van der Waals surface area contributed by atoms with E-state index in [0.29, 0.717) is 36.4 Å². The van der Waals surface area contributed by atoms with E-state index in [1.54, 1.807) is 0 Å². The van der Waals surface area contributed by atoms with E-state index in [4.69, 9.17) is 28.4 Å². The number of carboxylic acid groups (broad SMARTS) is 1. The molecular weight excluding hydrogens is 776 g/mol. The fourth-order valence-electron chi connectivity index (χ4n) is 5.52. The summed E-state index contributed by atoms with van der Waals surface area (Å²) in [6.45, 7) is -1.07. The van der Waals surface area contributed by atoms with E-state index in [-0.39, 0.29) is 0 Å². The normalized spacial score (nSPS) is 20.3. The van der Waals surface area contributed by atoms with Gasteiger partial charge in [0.2, 0.25) is 41.1 Å². The molecule has 0 aliphatic carbocycles. The number of phenols is 10. The minimum Gasteiger partial charge on any atom is -0.504 e. The van der Waals surface area contributed by atoms with Crippen molar-refractivity contribution in [2.45, 2.75) is 30.7 Å². The topological polar surface area (TPSA) is 387 Å². The van der Waals surface area contributed by atoms with Crippen molar-refractivity contribution in [3.63, 3.8) is 0 Å².